The fourth-order valence-corrected chi connectivity index (χ4v) is 3.50. The van der Waals surface area contributed by atoms with Gasteiger partial charge in [-0.15, -0.1) is 0 Å². The molecule has 0 amide bonds. The molecule has 0 radical (unpaired) electrons. The predicted octanol–water partition coefficient (Wildman–Crippen LogP) is 3.91. The molecular formula is C19H17FN2O. The molecule has 0 aromatic heterocycles. The normalized spacial score (nSPS) is 29.2. The third kappa shape index (κ3) is 2.46. The van der Waals surface area contributed by atoms with E-state index in [-0.39, 0.29) is 0 Å². The smallest absolute Gasteiger partial charge is 0.128 e. The highest BCUT2D eigenvalue weighted by atomic mass is 19.1. The van der Waals surface area contributed by atoms with Gasteiger partial charge in [0.15, 0.2) is 0 Å². The van der Waals surface area contributed by atoms with Crippen LogP contribution >= 0.6 is 0 Å². The topological polar surface area (TPSA) is 67.8 Å². The first-order chi connectivity index (χ1) is 10.9. The van der Waals surface area contributed by atoms with Crippen LogP contribution in [-0.4, -0.2) is 10.7 Å². The van der Waals surface area contributed by atoms with E-state index in [1.165, 1.54) is 6.08 Å². The second-order valence-corrected chi connectivity index (χ2v) is 6.54. The van der Waals surface area contributed by atoms with Gasteiger partial charge in [0, 0.05) is 5.41 Å². The monoisotopic (exact) mass is 308 g/mol. The number of fused-ring (bicyclic) bond motifs is 2. The number of nitriles is 2. The van der Waals surface area contributed by atoms with Crippen LogP contribution in [0.4, 0.5) is 4.39 Å². The fraction of sp³-hybridized carbons (Fsp3) is 0.368. The zero-order valence-corrected chi connectivity index (χ0v) is 12.9. The Labute approximate surface area is 135 Å². The Kier molecular flexibility index (Phi) is 3.59. The first-order valence-electron chi connectivity index (χ1n) is 7.67. The van der Waals surface area contributed by atoms with E-state index in [2.05, 4.69) is 12.1 Å². The average molecular weight is 308 g/mol. The summed E-state index contributed by atoms with van der Waals surface area (Å²) in [5, 5.41) is 28.7. The first kappa shape index (κ1) is 15.5. The van der Waals surface area contributed by atoms with Crippen molar-refractivity contribution in [2.75, 3.05) is 0 Å². The van der Waals surface area contributed by atoms with Crippen molar-refractivity contribution in [3.05, 3.63) is 52.4 Å². The largest absolute Gasteiger partial charge is 0.383 e. The maximum absolute atomic E-state index is 14.0. The van der Waals surface area contributed by atoms with Crippen LogP contribution in [0.1, 0.15) is 47.9 Å². The summed E-state index contributed by atoms with van der Waals surface area (Å²) in [7, 11) is 0. The molecule has 2 bridgehead atoms. The van der Waals surface area contributed by atoms with Gasteiger partial charge in [0.25, 0.3) is 0 Å². The van der Waals surface area contributed by atoms with Crippen LogP contribution in [0.15, 0.2) is 30.1 Å². The van der Waals surface area contributed by atoms with E-state index in [0.29, 0.717) is 42.4 Å². The zero-order valence-electron chi connectivity index (χ0n) is 12.9. The van der Waals surface area contributed by atoms with Gasteiger partial charge in [-0.3, -0.25) is 0 Å². The molecule has 3 nitrogen and oxygen atoms in total. The molecule has 0 spiro atoms. The van der Waals surface area contributed by atoms with Crippen molar-refractivity contribution in [3.63, 3.8) is 0 Å². The van der Waals surface area contributed by atoms with Gasteiger partial charge >= 0.3 is 0 Å². The summed E-state index contributed by atoms with van der Waals surface area (Å²) in [5.41, 5.74) is 0.503. The molecule has 1 fully saturated rings. The van der Waals surface area contributed by atoms with Gasteiger partial charge in [0.1, 0.15) is 23.6 Å². The lowest BCUT2D eigenvalue weighted by Gasteiger charge is -2.45. The van der Waals surface area contributed by atoms with Crippen LogP contribution in [0.2, 0.25) is 0 Å². The Morgan fingerprint density at radius 1 is 1.13 bits per heavy atom. The molecule has 116 valence electrons. The van der Waals surface area contributed by atoms with E-state index in [1.54, 1.807) is 13.0 Å². The molecule has 3 aliphatic carbocycles. The van der Waals surface area contributed by atoms with Crippen molar-refractivity contribution < 1.29 is 9.50 Å². The summed E-state index contributed by atoms with van der Waals surface area (Å²) in [6.45, 7) is 1.80. The highest BCUT2D eigenvalue weighted by molar-refractivity contribution is 5.65. The molecule has 1 aromatic carbocycles. The van der Waals surface area contributed by atoms with Crippen LogP contribution in [0.5, 0.6) is 0 Å². The van der Waals surface area contributed by atoms with Crippen LogP contribution in [0.3, 0.4) is 0 Å². The standard InChI is InChI=1S/C19H17FN2O/c1-13-2-3-14(16(12-22)15(13)11-21)4-5-18-6-8-19(23,9-7-18)17(20)10-18/h2-5,10,23H,6-9H2,1H3/b5-4+. The summed E-state index contributed by atoms with van der Waals surface area (Å²) < 4.78 is 14.0. The number of nitrogens with zero attached hydrogens (tertiary/aromatic N) is 2. The van der Waals surface area contributed by atoms with E-state index in [1.807, 2.05) is 18.2 Å². The molecule has 4 rings (SSSR count). The van der Waals surface area contributed by atoms with Crippen LogP contribution in [-0.2, 0) is 0 Å². The molecular weight excluding hydrogens is 291 g/mol. The quantitative estimate of drug-likeness (QED) is 0.900. The summed E-state index contributed by atoms with van der Waals surface area (Å²) in [6, 6.07) is 7.79. The van der Waals surface area contributed by atoms with Crippen molar-refractivity contribution in [1.29, 1.82) is 10.5 Å². The van der Waals surface area contributed by atoms with E-state index in [4.69, 9.17) is 0 Å². The van der Waals surface area contributed by atoms with Crippen molar-refractivity contribution in [2.45, 2.75) is 38.2 Å². The molecule has 1 saturated carbocycles. The summed E-state index contributed by atoms with van der Waals surface area (Å²) in [4.78, 5) is 0. The molecule has 1 N–H and O–H groups in total. The number of hydrogen-bond acceptors (Lipinski definition) is 3. The maximum atomic E-state index is 14.0. The van der Waals surface area contributed by atoms with Gasteiger partial charge in [-0.05, 0) is 49.8 Å². The molecule has 0 atom stereocenters. The molecule has 0 aliphatic heterocycles. The Bertz CT molecular complexity index is 800. The van der Waals surface area contributed by atoms with E-state index in [9.17, 15) is 20.0 Å². The fourth-order valence-electron chi connectivity index (χ4n) is 3.50. The van der Waals surface area contributed by atoms with Crippen LogP contribution in [0.25, 0.3) is 6.08 Å². The van der Waals surface area contributed by atoms with E-state index >= 15 is 0 Å². The number of allylic oxidation sites excluding steroid dienone is 2. The lowest BCUT2D eigenvalue weighted by atomic mass is 9.62. The van der Waals surface area contributed by atoms with Crippen LogP contribution < -0.4 is 0 Å². The molecule has 3 aliphatic rings. The molecule has 23 heavy (non-hydrogen) atoms. The summed E-state index contributed by atoms with van der Waals surface area (Å²) >= 11 is 0. The summed E-state index contributed by atoms with van der Waals surface area (Å²) in [6.07, 6.45) is 7.45. The minimum atomic E-state index is -1.27. The van der Waals surface area contributed by atoms with Gasteiger partial charge in [0.05, 0.1) is 11.1 Å². The minimum absolute atomic E-state index is 0.354. The third-order valence-corrected chi connectivity index (χ3v) is 5.13. The van der Waals surface area contributed by atoms with E-state index in [0.717, 1.165) is 5.56 Å². The van der Waals surface area contributed by atoms with Crippen LogP contribution in [0, 0.1) is 35.0 Å². The van der Waals surface area contributed by atoms with Crippen molar-refractivity contribution in [1.82, 2.24) is 0 Å². The predicted molar refractivity (Wildman–Crippen MR) is 84.7 cm³/mol. The van der Waals surface area contributed by atoms with Crippen molar-refractivity contribution >= 4 is 6.08 Å². The zero-order chi connectivity index (χ0) is 16.7. The number of hydrogen-bond donors (Lipinski definition) is 1. The highest BCUT2D eigenvalue weighted by Gasteiger charge is 2.47. The lowest BCUT2D eigenvalue weighted by molar-refractivity contribution is -0.0180. The molecule has 4 heteroatoms. The second kappa shape index (κ2) is 5.33. The maximum Gasteiger partial charge on any atom is 0.128 e. The lowest BCUT2D eigenvalue weighted by Crippen LogP contribution is -2.43. The molecule has 1 aromatic rings. The SMILES string of the molecule is Cc1ccc(/C=C/C23C=C(F)C(O)(CC2)CC3)c(C#N)c1C#N. The third-order valence-electron chi connectivity index (χ3n) is 5.13. The number of halogens is 1. The Morgan fingerprint density at radius 3 is 2.35 bits per heavy atom. The van der Waals surface area contributed by atoms with Gasteiger partial charge in [-0.2, -0.15) is 10.5 Å². The number of aliphatic hydroxyl groups is 1. The average Bonchev–Trinajstić information content (AvgIpc) is 2.55. The second-order valence-electron chi connectivity index (χ2n) is 6.54. The molecule has 0 saturated heterocycles. The highest BCUT2D eigenvalue weighted by Crippen LogP contribution is 2.52. The Morgan fingerprint density at radius 2 is 1.78 bits per heavy atom. The van der Waals surface area contributed by atoms with Gasteiger partial charge in [-0.25, -0.2) is 4.39 Å². The minimum Gasteiger partial charge on any atom is -0.383 e. The number of rotatable bonds is 2. The van der Waals surface area contributed by atoms with Gasteiger partial charge in [-0.1, -0.05) is 24.3 Å². The van der Waals surface area contributed by atoms with Gasteiger partial charge in [0.2, 0.25) is 0 Å². The molecule has 0 heterocycles. The van der Waals surface area contributed by atoms with E-state index < -0.39 is 16.8 Å². The molecule has 0 unspecified atom stereocenters. The Balaban J connectivity index is 2.00. The first-order valence-corrected chi connectivity index (χ1v) is 7.67. The Hall–Kier alpha value is -2.43. The van der Waals surface area contributed by atoms with Crippen molar-refractivity contribution in [3.8, 4) is 12.1 Å². The summed E-state index contributed by atoms with van der Waals surface area (Å²) in [5.74, 6) is -0.443. The van der Waals surface area contributed by atoms with Crippen molar-refractivity contribution in [2.24, 2.45) is 5.41 Å². The van der Waals surface area contributed by atoms with Gasteiger partial charge < -0.3 is 5.11 Å². The number of benzene rings is 1. The number of aryl methyl sites for hydroxylation is 1.